The highest BCUT2D eigenvalue weighted by Crippen LogP contribution is 2.28. The highest BCUT2D eigenvalue weighted by molar-refractivity contribution is 7.97. The van der Waals surface area contributed by atoms with Crippen LogP contribution in [0.3, 0.4) is 0 Å². The van der Waals surface area contributed by atoms with Crippen LogP contribution in [0.5, 0.6) is 0 Å². The van der Waals surface area contributed by atoms with Gasteiger partial charge < -0.3 is 15.2 Å². The maximum atomic E-state index is 12.6. The van der Waals surface area contributed by atoms with Crippen molar-refractivity contribution >= 4 is 41.1 Å². The number of carbonyl (C=O) groups excluding carboxylic acids is 1. The molecular weight excluding hydrogens is 376 g/mol. The smallest absolute Gasteiger partial charge is 0.337 e. The van der Waals surface area contributed by atoms with Crippen molar-refractivity contribution in [1.82, 2.24) is 4.31 Å². The molecule has 3 rings (SSSR count). The Morgan fingerprint density at radius 2 is 1.85 bits per heavy atom. The summed E-state index contributed by atoms with van der Waals surface area (Å²) in [6, 6.07) is 11.5. The molecule has 1 fully saturated rings. The van der Waals surface area contributed by atoms with Gasteiger partial charge in [-0.1, -0.05) is 23.7 Å². The van der Waals surface area contributed by atoms with Crippen molar-refractivity contribution in [3.8, 4) is 0 Å². The van der Waals surface area contributed by atoms with Gasteiger partial charge >= 0.3 is 5.97 Å². The summed E-state index contributed by atoms with van der Waals surface area (Å²) in [6.45, 7) is 2.97. The molecule has 0 aliphatic carbocycles. The number of benzene rings is 2. The van der Waals surface area contributed by atoms with Gasteiger partial charge in [-0.25, -0.2) is 9.10 Å². The van der Waals surface area contributed by atoms with Crippen molar-refractivity contribution in [2.24, 2.45) is 0 Å². The first kappa shape index (κ1) is 18.7. The predicted molar refractivity (Wildman–Crippen MR) is 101 cm³/mol. The van der Waals surface area contributed by atoms with Crippen LogP contribution in [0.2, 0.25) is 5.02 Å². The quantitative estimate of drug-likeness (QED) is 0.756. The van der Waals surface area contributed by atoms with Crippen molar-refractivity contribution in [3.05, 3.63) is 58.6 Å². The van der Waals surface area contributed by atoms with E-state index in [1.54, 1.807) is 30.3 Å². The predicted octanol–water partition coefficient (Wildman–Crippen LogP) is 3.63. The number of morpholine rings is 1. The molecule has 1 saturated heterocycles. The molecule has 0 bridgehead atoms. The molecule has 0 spiro atoms. The average Bonchev–Trinajstić information content (AvgIpc) is 2.64. The third-order valence-corrected chi connectivity index (χ3v) is 5.21. The van der Waals surface area contributed by atoms with Gasteiger partial charge in [0.2, 0.25) is 0 Å². The number of anilines is 1. The summed E-state index contributed by atoms with van der Waals surface area (Å²) in [4.78, 5) is 24.8. The molecule has 2 N–H and O–H groups in total. The van der Waals surface area contributed by atoms with E-state index in [1.807, 2.05) is 6.07 Å². The van der Waals surface area contributed by atoms with Crippen LogP contribution in [0, 0.1) is 0 Å². The number of carbonyl (C=O) groups is 2. The van der Waals surface area contributed by atoms with E-state index in [4.69, 9.17) is 16.3 Å². The van der Waals surface area contributed by atoms with Crippen LogP contribution in [-0.4, -0.2) is 47.6 Å². The summed E-state index contributed by atoms with van der Waals surface area (Å²) in [7, 11) is 0. The van der Waals surface area contributed by atoms with Crippen molar-refractivity contribution in [1.29, 1.82) is 0 Å². The number of carboxylic acids is 1. The van der Waals surface area contributed by atoms with E-state index in [2.05, 4.69) is 9.62 Å². The largest absolute Gasteiger partial charge is 0.478 e. The zero-order chi connectivity index (χ0) is 18.5. The Morgan fingerprint density at radius 1 is 1.12 bits per heavy atom. The molecule has 1 aliphatic rings. The van der Waals surface area contributed by atoms with Gasteiger partial charge in [0.25, 0.3) is 5.91 Å². The third-order valence-electron chi connectivity index (χ3n) is 3.79. The number of carboxylic acid groups (broad SMARTS) is 1. The summed E-state index contributed by atoms with van der Waals surface area (Å²) in [6.07, 6.45) is 0. The molecule has 0 unspecified atom stereocenters. The molecule has 1 heterocycles. The van der Waals surface area contributed by atoms with Crippen molar-refractivity contribution in [2.45, 2.75) is 4.90 Å². The Morgan fingerprint density at radius 3 is 2.58 bits per heavy atom. The number of halogens is 1. The number of ether oxygens (including phenoxy) is 1. The van der Waals surface area contributed by atoms with Crippen LogP contribution < -0.4 is 5.32 Å². The number of aromatic carboxylic acids is 1. The van der Waals surface area contributed by atoms with Gasteiger partial charge in [0.1, 0.15) is 0 Å². The monoisotopic (exact) mass is 392 g/mol. The minimum atomic E-state index is -1.11. The number of nitrogens with one attached hydrogen (secondary N) is 1. The molecule has 1 aliphatic heterocycles. The highest BCUT2D eigenvalue weighted by Gasteiger charge is 2.17. The Hall–Kier alpha value is -2.06. The van der Waals surface area contributed by atoms with Gasteiger partial charge in [-0.15, -0.1) is 0 Å². The fraction of sp³-hybridized carbons (Fsp3) is 0.222. The van der Waals surface area contributed by atoms with Crippen molar-refractivity contribution in [2.75, 3.05) is 31.6 Å². The van der Waals surface area contributed by atoms with E-state index >= 15 is 0 Å². The maximum Gasteiger partial charge on any atom is 0.337 e. The highest BCUT2D eigenvalue weighted by atomic mass is 35.5. The van der Waals surface area contributed by atoms with E-state index in [0.717, 1.165) is 18.0 Å². The summed E-state index contributed by atoms with van der Waals surface area (Å²) in [5.74, 6) is -1.56. The molecule has 2 aromatic rings. The Labute approximate surface area is 160 Å². The van der Waals surface area contributed by atoms with E-state index in [0.29, 0.717) is 23.8 Å². The van der Waals surface area contributed by atoms with Crippen LogP contribution in [0.15, 0.2) is 47.4 Å². The molecule has 0 radical (unpaired) electrons. The number of amides is 1. The van der Waals surface area contributed by atoms with Gasteiger partial charge in [0.05, 0.1) is 35.1 Å². The number of hydrogen-bond donors (Lipinski definition) is 2. The third kappa shape index (κ3) is 4.56. The van der Waals surface area contributed by atoms with E-state index in [1.165, 1.54) is 18.0 Å². The van der Waals surface area contributed by atoms with Gasteiger partial charge in [-0.05, 0) is 42.3 Å². The lowest BCUT2D eigenvalue weighted by molar-refractivity contribution is 0.0698. The van der Waals surface area contributed by atoms with Crippen molar-refractivity contribution in [3.63, 3.8) is 0 Å². The van der Waals surface area contributed by atoms with Gasteiger partial charge in [0.15, 0.2) is 0 Å². The minimum absolute atomic E-state index is 0.0239. The van der Waals surface area contributed by atoms with Crippen LogP contribution >= 0.6 is 23.5 Å². The Bertz CT molecular complexity index is 825. The zero-order valence-electron chi connectivity index (χ0n) is 13.8. The summed E-state index contributed by atoms with van der Waals surface area (Å²) in [5, 5.41) is 12.2. The molecule has 2 aromatic carbocycles. The molecule has 8 heteroatoms. The lowest BCUT2D eigenvalue weighted by Crippen LogP contribution is -2.30. The van der Waals surface area contributed by atoms with Gasteiger partial charge in [-0.3, -0.25) is 4.79 Å². The van der Waals surface area contributed by atoms with Gasteiger partial charge in [0, 0.05) is 18.0 Å². The van der Waals surface area contributed by atoms with E-state index < -0.39 is 11.9 Å². The average molecular weight is 393 g/mol. The number of para-hydroxylation sites is 1. The Balaban J connectivity index is 1.78. The fourth-order valence-electron chi connectivity index (χ4n) is 2.49. The normalized spacial score (nSPS) is 14.8. The van der Waals surface area contributed by atoms with Crippen LogP contribution in [0.1, 0.15) is 20.7 Å². The first-order valence-electron chi connectivity index (χ1n) is 7.98. The maximum absolute atomic E-state index is 12.6. The van der Waals surface area contributed by atoms with E-state index in [-0.39, 0.29) is 11.3 Å². The second-order valence-electron chi connectivity index (χ2n) is 5.58. The topological polar surface area (TPSA) is 78.9 Å². The SMILES string of the molecule is O=C(Nc1ccccc1C(=O)O)c1cc(SN2CCOCC2)ccc1Cl. The minimum Gasteiger partial charge on any atom is -0.478 e. The second kappa shape index (κ2) is 8.55. The van der Waals surface area contributed by atoms with E-state index in [9.17, 15) is 14.7 Å². The first-order valence-corrected chi connectivity index (χ1v) is 9.13. The fourth-order valence-corrected chi connectivity index (χ4v) is 3.62. The zero-order valence-corrected chi connectivity index (χ0v) is 15.3. The molecule has 0 saturated carbocycles. The van der Waals surface area contributed by atoms with Gasteiger partial charge in [-0.2, -0.15) is 0 Å². The number of hydrogen-bond acceptors (Lipinski definition) is 5. The molecule has 6 nitrogen and oxygen atoms in total. The molecule has 0 atom stereocenters. The standard InChI is InChI=1S/C18H17ClN2O4S/c19-15-6-5-12(26-21-7-9-25-10-8-21)11-14(15)17(22)20-16-4-2-1-3-13(16)18(23)24/h1-6,11H,7-10H2,(H,20,22)(H,23,24). The first-order chi connectivity index (χ1) is 12.5. The second-order valence-corrected chi connectivity index (χ2v) is 7.16. The van der Waals surface area contributed by atoms with Crippen LogP contribution in [-0.2, 0) is 4.74 Å². The number of nitrogens with zero attached hydrogens (tertiary/aromatic N) is 1. The molecule has 1 amide bonds. The number of rotatable bonds is 5. The Kier molecular flexibility index (Phi) is 6.16. The summed E-state index contributed by atoms with van der Waals surface area (Å²) in [5.41, 5.74) is 0.549. The summed E-state index contributed by atoms with van der Waals surface area (Å²) >= 11 is 7.72. The van der Waals surface area contributed by atoms with Crippen molar-refractivity contribution < 1.29 is 19.4 Å². The molecule has 0 aromatic heterocycles. The molecule has 136 valence electrons. The lowest BCUT2D eigenvalue weighted by atomic mass is 10.1. The lowest BCUT2D eigenvalue weighted by Gasteiger charge is -2.25. The summed E-state index contributed by atoms with van der Waals surface area (Å²) < 4.78 is 7.49. The molecule has 26 heavy (non-hydrogen) atoms. The molecular formula is C18H17ClN2O4S. The van der Waals surface area contributed by atoms with Crippen LogP contribution in [0.4, 0.5) is 5.69 Å². The van der Waals surface area contributed by atoms with Crippen LogP contribution in [0.25, 0.3) is 0 Å².